The fourth-order valence-electron chi connectivity index (χ4n) is 0.385. The Balaban J connectivity index is 0. The molecule has 0 amide bonds. The van der Waals surface area contributed by atoms with Crippen molar-refractivity contribution in [3.8, 4) is 18.4 Å². The average molecular weight is 173 g/mol. The molecule has 64 valence electrons. The summed E-state index contributed by atoms with van der Waals surface area (Å²) in [6, 6.07) is 14.5. The lowest BCUT2D eigenvalue weighted by atomic mass is 10.4. The normalized spacial score (nSPS) is 5.00. The molecule has 1 N–H and O–H groups in total. The first-order valence-electron chi connectivity index (χ1n) is 3.14. The Morgan fingerprint density at radius 2 is 0.846 bits per heavy atom. The van der Waals surface area contributed by atoms with E-state index in [4.69, 9.17) is 20.9 Å². The van der Waals surface area contributed by atoms with Crippen molar-refractivity contribution in [2.45, 2.75) is 0 Å². The summed E-state index contributed by atoms with van der Waals surface area (Å²) in [5, 5.41) is 28.3. The van der Waals surface area contributed by atoms with Crippen molar-refractivity contribution in [1.29, 1.82) is 15.8 Å². The lowest BCUT2D eigenvalue weighted by molar-refractivity contribution is 0.503. The lowest BCUT2D eigenvalue weighted by Crippen LogP contribution is -1.47. The molecule has 0 aliphatic heterocycles. The van der Waals surface area contributed by atoms with Gasteiger partial charge in [-0.2, -0.15) is 15.8 Å². The highest BCUT2D eigenvalue weighted by atomic mass is 16.2. The van der Waals surface area contributed by atoms with Gasteiger partial charge in [0.2, 0.25) is 0 Å². The minimum absolute atomic E-state index is 0.750. The van der Waals surface area contributed by atoms with Gasteiger partial charge in [-0.05, 0) is 0 Å². The summed E-state index contributed by atoms with van der Waals surface area (Å²) >= 11 is 0. The summed E-state index contributed by atoms with van der Waals surface area (Å²) in [6.07, 6.45) is 0.750. The quantitative estimate of drug-likeness (QED) is 0.602. The van der Waals surface area contributed by atoms with Crippen molar-refractivity contribution in [2.24, 2.45) is 0 Å². The Kier molecular flexibility index (Phi) is 16.4. The van der Waals surface area contributed by atoms with Crippen LogP contribution in [0.15, 0.2) is 36.4 Å². The topological polar surface area (TPSA) is 91.6 Å². The molecule has 1 aromatic rings. The van der Waals surface area contributed by atoms with E-state index < -0.39 is 0 Å². The van der Waals surface area contributed by atoms with Crippen LogP contribution in [0, 0.1) is 34.2 Å². The maximum Gasteiger partial charge on any atom is 0.283 e. The Labute approximate surface area is 76.5 Å². The fourth-order valence-corrected chi connectivity index (χ4v) is 0.385. The van der Waals surface area contributed by atoms with E-state index in [9.17, 15) is 0 Å². The van der Waals surface area contributed by atoms with E-state index in [1.807, 2.05) is 36.4 Å². The van der Waals surface area contributed by atoms with Gasteiger partial charge in [0.15, 0.2) is 12.1 Å². The Morgan fingerprint density at radius 1 is 0.692 bits per heavy atom. The zero-order valence-corrected chi connectivity index (χ0v) is 6.75. The molecule has 0 fully saturated rings. The average Bonchev–Trinajstić information content (AvgIpc) is 2.22. The summed E-state index contributed by atoms with van der Waals surface area (Å²) < 4.78 is 0. The highest BCUT2D eigenvalue weighted by Gasteiger charge is 1.57. The van der Waals surface area contributed by atoms with Crippen molar-refractivity contribution < 1.29 is 5.11 Å². The van der Waals surface area contributed by atoms with E-state index >= 15 is 0 Å². The molecule has 0 heterocycles. The Bertz CT molecular complexity index is 264. The number of nitriles is 3. The van der Waals surface area contributed by atoms with Crippen LogP contribution in [0.1, 0.15) is 0 Å². The monoisotopic (exact) mass is 173 g/mol. The molecule has 0 unspecified atom stereocenters. The minimum Gasteiger partial charge on any atom is -0.443 e. The predicted molar refractivity (Wildman–Crippen MR) is 45.2 cm³/mol. The Morgan fingerprint density at radius 3 is 0.923 bits per heavy atom. The van der Waals surface area contributed by atoms with E-state index in [0.717, 1.165) is 6.26 Å². The van der Waals surface area contributed by atoms with E-state index in [1.165, 1.54) is 12.1 Å². The Hall–Kier alpha value is -2.51. The summed E-state index contributed by atoms with van der Waals surface area (Å²) in [7, 11) is 0. The second-order valence-electron chi connectivity index (χ2n) is 1.48. The maximum atomic E-state index is 7.26. The molecule has 0 aliphatic rings. The molecule has 4 nitrogen and oxygen atoms in total. The molecule has 0 aliphatic carbocycles. The molecular weight excluding hydrogens is 166 g/mol. The van der Waals surface area contributed by atoms with Crippen LogP contribution in [-0.4, -0.2) is 5.11 Å². The van der Waals surface area contributed by atoms with Gasteiger partial charge >= 0.3 is 0 Å². The smallest absolute Gasteiger partial charge is 0.283 e. The van der Waals surface area contributed by atoms with Crippen LogP contribution in [0.25, 0.3) is 0 Å². The third-order valence-corrected chi connectivity index (χ3v) is 0.717. The van der Waals surface area contributed by atoms with E-state index in [2.05, 4.69) is 0 Å². The number of aliphatic hydroxyl groups excluding tert-OH is 1. The van der Waals surface area contributed by atoms with Gasteiger partial charge in [-0.1, -0.05) is 36.4 Å². The zero-order valence-electron chi connectivity index (χ0n) is 6.75. The highest BCUT2D eigenvalue weighted by Crippen LogP contribution is 1.79. The molecule has 1 rings (SSSR count). The number of hydrogen-bond acceptors (Lipinski definition) is 4. The van der Waals surface area contributed by atoms with Gasteiger partial charge in [-0.3, -0.25) is 0 Å². The van der Waals surface area contributed by atoms with Crippen molar-refractivity contribution in [3.05, 3.63) is 36.4 Å². The molecule has 0 saturated heterocycles. The predicted octanol–water partition coefficient (Wildman–Crippen LogP) is 1.56. The first-order chi connectivity index (χ1) is 6.33. The molecular formula is C9H7N3O. The van der Waals surface area contributed by atoms with Crippen LogP contribution in [0.3, 0.4) is 0 Å². The fraction of sp³-hybridized carbons (Fsp3) is 0. The van der Waals surface area contributed by atoms with Crippen molar-refractivity contribution in [2.75, 3.05) is 0 Å². The third kappa shape index (κ3) is 26.4. The first-order valence-corrected chi connectivity index (χ1v) is 3.14. The van der Waals surface area contributed by atoms with E-state index in [-0.39, 0.29) is 0 Å². The number of aliphatic hydroxyl groups is 1. The van der Waals surface area contributed by atoms with Crippen LogP contribution in [0.5, 0.6) is 0 Å². The molecule has 0 saturated carbocycles. The van der Waals surface area contributed by atoms with Gasteiger partial charge < -0.3 is 5.11 Å². The van der Waals surface area contributed by atoms with Crippen LogP contribution in [-0.2, 0) is 0 Å². The summed E-state index contributed by atoms with van der Waals surface area (Å²) in [5.41, 5.74) is 0. The van der Waals surface area contributed by atoms with Gasteiger partial charge in [0, 0.05) is 0 Å². The van der Waals surface area contributed by atoms with Gasteiger partial charge in [0.25, 0.3) is 6.26 Å². The SMILES string of the molecule is N#CC#N.N#CO.c1ccccc1. The second kappa shape index (κ2) is 16.2. The molecule has 13 heavy (non-hydrogen) atoms. The molecule has 0 radical (unpaired) electrons. The largest absolute Gasteiger partial charge is 0.443 e. The van der Waals surface area contributed by atoms with Gasteiger partial charge in [0.1, 0.15) is 0 Å². The molecule has 0 atom stereocenters. The van der Waals surface area contributed by atoms with Crippen LogP contribution < -0.4 is 0 Å². The third-order valence-electron chi connectivity index (χ3n) is 0.717. The standard InChI is InChI=1S/C6H6.C2N2.CHNO/c1-2-4-6-5-3-1;3-1-2-4;2-1-3/h1-6H;;3H. The van der Waals surface area contributed by atoms with E-state index in [1.54, 1.807) is 0 Å². The van der Waals surface area contributed by atoms with Gasteiger partial charge in [-0.25, -0.2) is 0 Å². The first kappa shape index (κ1) is 13.1. The number of hydrogen-bond donors (Lipinski definition) is 1. The molecule has 1 aromatic carbocycles. The number of benzene rings is 1. The van der Waals surface area contributed by atoms with Crippen molar-refractivity contribution in [1.82, 2.24) is 0 Å². The lowest BCUT2D eigenvalue weighted by Gasteiger charge is -1.69. The van der Waals surface area contributed by atoms with Crippen LogP contribution >= 0.6 is 0 Å². The summed E-state index contributed by atoms with van der Waals surface area (Å²) in [5.74, 6) is 0. The van der Waals surface area contributed by atoms with Crippen molar-refractivity contribution >= 4 is 0 Å². The molecule has 0 bridgehead atoms. The van der Waals surface area contributed by atoms with Gasteiger partial charge in [0.05, 0.1) is 0 Å². The number of nitrogens with zero attached hydrogens (tertiary/aromatic N) is 3. The molecule has 0 spiro atoms. The summed E-state index contributed by atoms with van der Waals surface area (Å²) in [6.45, 7) is 0. The molecule has 4 heteroatoms. The van der Waals surface area contributed by atoms with Crippen LogP contribution in [0.2, 0.25) is 0 Å². The zero-order chi connectivity index (χ0) is 10.4. The molecule has 0 aromatic heterocycles. The van der Waals surface area contributed by atoms with Gasteiger partial charge in [-0.15, -0.1) is 0 Å². The summed E-state index contributed by atoms with van der Waals surface area (Å²) in [4.78, 5) is 0. The number of rotatable bonds is 0. The maximum absolute atomic E-state index is 7.26. The highest BCUT2D eigenvalue weighted by molar-refractivity contribution is 4.99. The second-order valence-corrected chi connectivity index (χ2v) is 1.48. The van der Waals surface area contributed by atoms with Crippen molar-refractivity contribution in [3.63, 3.8) is 0 Å². The van der Waals surface area contributed by atoms with E-state index in [0.29, 0.717) is 0 Å². The minimum atomic E-state index is 0.750. The van der Waals surface area contributed by atoms with Crippen LogP contribution in [0.4, 0.5) is 0 Å².